The summed E-state index contributed by atoms with van der Waals surface area (Å²) in [4.78, 5) is 12.4. The van der Waals surface area contributed by atoms with Gasteiger partial charge >= 0.3 is 0 Å². The molecule has 0 saturated carbocycles. The molecule has 2 rings (SSSR count). The fraction of sp³-hybridized carbons (Fsp3) is 0.409. The van der Waals surface area contributed by atoms with Gasteiger partial charge in [-0.1, -0.05) is 31.2 Å². The number of amides is 1. The summed E-state index contributed by atoms with van der Waals surface area (Å²) in [6, 6.07) is 12.9. The smallest absolute Gasteiger partial charge is 0.240 e. The minimum Gasteiger partial charge on any atom is -0.493 e. The maximum absolute atomic E-state index is 12.4. The Morgan fingerprint density at radius 3 is 2.40 bits per heavy atom. The fourth-order valence-corrected chi connectivity index (χ4v) is 4.06. The molecule has 0 aliphatic rings. The van der Waals surface area contributed by atoms with E-state index in [1.54, 1.807) is 26.4 Å². The van der Waals surface area contributed by atoms with E-state index in [-0.39, 0.29) is 12.5 Å². The van der Waals surface area contributed by atoms with E-state index in [1.165, 1.54) is 0 Å². The van der Waals surface area contributed by atoms with E-state index in [0.717, 1.165) is 28.1 Å². The molecule has 0 heterocycles. The van der Waals surface area contributed by atoms with E-state index < -0.39 is 10.0 Å². The number of hydrogen-bond acceptors (Lipinski definition) is 5. The van der Waals surface area contributed by atoms with Crippen LogP contribution in [0.2, 0.25) is 0 Å². The summed E-state index contributed by atoms with van der Waals surface area (Å²) in [5.41, 5.74) is 2.49. The van der Waals surface area contributed by atoms with Crippen LogP contribution >= 0.6 is 0 Å². The second kappa shape index (κ2) is 10.9. The molecule has 1 N–H and O–H groups in total. The number of para-hydroxylation sites is 1. The van der Waals surface area contributed by atoms with Crippen molar-refractivity contribution in [3.05, 3.63) is 53.6 Å². The lowest BCUT2D eigenvalue weighted by Gasteiger charge is -2.24. The first-order chi connectivity index (χ1) is 14.3. The highest BCUT2D eigenvalue weighted by atomic mass is 32.2. The second-order valence-corrected chi connectivity index (χ2v) is 8.80. The number of carbonyl (C=O) groups excluding carboxylic acids is 1. The maximum Gasteiger partial charge on any atom is 0.240 e. The minimum atomic E-state index is -3.59. The number of anilines is 1. The lowest BCUT2D eigenvalue weighted by Crippen LogP contribution is -2.41. The summed E-state index contributed by atoms with van der Waals surface area (Å²) in [7, 11) is -0.408. The van der Waals surface area contributed by atoms with E-state index in [1.807, 2.05) is 37.3 Å². The Balaban J connectivity index is 1.94. The molecule has 0 saturated heterocycles. The largest absolute Gasteiger partial charge is 0.493 e. The monoisotopic (exact) mass is 434 g/mol. The third kappa shape index (κ3) is 6.38. The van der Waals surface area contributed by atoms with Crippen molar-refractivity contribution in [3.8, 4) is 11.5 Å². The van der Waals surface area contributed by atoms with Crippen LogP contribution in [0, 0.1) is 0 Å². The molecule has 30 heavy (non-hydrogen) atoms. The first-order valence-electron chi connectivity index (χ1n) is 9.83. The molecule has 0 aliphatic carbocycles. The highest BCUT2D eigenvalue weighted by molar-refractivity contribution is 7.92. The van der Waals surface area contributed by atoms with Crippen LogP contribution in [0.25, 0.3) is 0 Å². The number of sulfonamides is 1. The number of hydrogen-bond donors (Lipinski definition) is 1. The Hall–Kier alpha value is -2.74. The van der Waals surface area contributed by atoms with Crippen LogP contribution < -0.4 is 19.1 Å². The fourth-order valence-electron chi connectivity index (χ4n) is 3.18. The highest BCUT2D eigenvalue weighted by Gasteiger charge is 2.22. The highest BCUT2D eigenvalue weighted by Crippen LogP contribution is 2.28. The van der Waals surface area contributed by atoms with Gasteiger partial charge in [0.05, 0.1) is 26.2 Å². The van der Waals surface area contributed by atoms with E-state index >= 15 is 0 Å². The molecule has 2 aromatic carbocycles. The first kappa shape index (κ1) is 23.5. The molecule has 2 aromatic rings. The number of benzene rings is 2. The summed E-state index contributed by atoms with van der Waals surface area (Å²) >= 11 is 0. The Bertz CT molecular complexity index is 960. The number of aryl methyl sites for hydroxylation is 2. The van der Waals surface area contributed by atoms with Gasteiger partial charge in [0, 0.05) is 6.54 Å². The molecule has 0 aromatic heterocycles. The Labute approximate surface area is 179 Å². The molecular formula is C22H30N2O5S. The zero-order valence-electron chi connectivity index (χ0n) is 18.0. The molecule has 0 radical (unpaired) electrons. The van der Waals surface area contributed by atoms with Crippen molar-refractivity contribution in [3.63, 3.8) is 0 Å². The van der Waals surface area contributed by atoms with Gasteiger partial charge in [0.15, 0.2) is 11.5 Å². The summed E-state index contributed by atoms with van der Waals surface area (Å²) in [6.07, 6.45) is 3.25. The molecule has 0 atom stereocenters. The van der Waals surface area contributed by atoms with Gasteiger partial charge in [0.2, 0.25) is 15.9 Å². The number of ether oxygens (including phenoxy) is 2. The van der Waals surface area contributed by atoms with E-state index in [2.05, 4.69) is 5.32 Å². The lowest BCUT2D eigenvalue weighted by molar-refractivity contribution is -0.119. The van der Waals surface area contributed by atoms with Crippen LogP contribution in [-0.4, -0.2) is 47.9 Å². The average molecular weight is 435 g/mol. The number of rotatable bonds is 11. The standard InChI is InChI=1S/C22H30N2O5S/c1-5-18-10-6-7-11-19(18)24(30(4,26)27)16-22(25)23-14-8-9-17-12-13-20(28-2)21(15-17)29-3/h6-7,10-13,15H,5,8-9,14,16H2,1-4H3,(H,23,25). The van der Waals surface area contributed by atoms with Gasteiger partial charge in [0.25, 0.3) is 0 Å². The normalized spacial score (nSPS) is 11.1. The van der Waals surface area contributed by atoms with Gasteiger partial charge in [-0.2, -0.15) is 0 Å². The minimum absolute atomic E-state index is 0.244. The topological polar surface area (TPSA) is 84.9 Å². The zero-order valence-corrected chi connectivity index (χ0v) is 18.8. The molecule has 0 fully saturated rings. The SMILES string of the molecule is CCc1ccccc1N(CC(=O)NCCCc1ccc(OC)c(OC)c1)S(C)(=O)=O. The molecule has 0 unspecified atom stereocenters. The molecular weight excluding hydrogens is 404 g/mol. The van der Waals surface area contributed by atoms with Gasteiger partial charge in [0.1, 0.15) is 6.54 Å². The van der Waals surface area contributed by atoms with Crippen molar-refractivity contribution in [2.24, 2.45) is 0 Å². The summed E-state index contributed by atoms with van der Waals surface area (Å²) in [6.45, 7) is 2.15. The predicted octanol–water partition coefficient (Wildman–Crippen LogP) is 2.78. The van der Waals surface area contributed by atoms with E-state index in [0.29, 0.717) is 36.6 Å². The van der Waals surface area contributed by atoms with E-state index in [4.69, 9.17) is 9.47 Å². The molecule has 8 heteroatoms. The van der Waals surface area contributed by atoms with Crippen molar-refractivity contribution >= 4 is 21.6 Å². The van der Waals surface area contributed by atoms with Crippen molar-refractivity contribution in [1.82, 2.24) is 5.32 Å². The number of nitrogens with one attached hydrogen (secondary N) is 1. The van der Waals surface area contributed by atoms with Gasteiger partial charge in [-0.3, -0.25) is 9.10 Å². The Kier molecular flexibility index (Phi) is 8.53. The van der Waals surface area contributed by atoms with Crippen molar-refractivity contribution in [2.45, 2.75) is 26.2 Å². The molecule has 1 amide bonds. The van der Waals surface area contributed by atoms with Crippen molar-refractivity contribution in [1.29, 1.82) is 0 Å². The quantitative estimate of drug-likeness (QED) is 0.550. The van der Waals surface area contributed by atoms with Crippen LogP contribution in [0.1, 0.15) is 24.5 Å². The average Bonchev–Trinajstić information content (AvgIpc) is 2.74. The second-order valence-electron chi connectivity index (χ2n) is 6.89. The molecule has 0 bridgehead atoms. The third-order valence-corrected chi connectivity index (χ3v) is 5.87. The van der Waals surface area contributed by atoms with Crippen LogP contribution in [0.3, 0.4) is 0 Å². The molecule has 0 spiro atoms. The van der Waals surface area contributed by atoms with Crippen LogP contribution in [0.4, 0.5) is 5.69 Å². The summed E-state index contributed by atoms with van der Waals surface area (Å²) in [5, 5.41) is 2.81. The number of methoxy groups -OCH3 is 2. The molecule has 164 valence electrons. The van der Waals surface area contributed by atoms with Crippen LogP contribution in [-0.2, 0) is 27.7 Å². The molecule has 7 nitrogen and oxygen atoms in total. The van der Waals surface area contributed by atoms with Gasteiger partial charge < -0.3 is 14.8 Å². The van der Waals surface area contributed by atoms with E-state index in [9.17, 15) is 13.2 Å². The number of nitrogens with zero attached hydrogens (tertiary/aromatic N) is 1. The van der Waals surface area contributed by atoms with Crippen LogP contribution in [0.5, 0.6) is 11.5 Å². The Morgan fingerprint density at radius 1 is 1.07 bits per heavy atom. The lowest BCUT2D eigenvalue weighted by atomic mass is 10.1. The van der Waals surface area contributed by atoms with Crippen LogP contribution in [0.15, 0.2) is 42.5 Å². The van der Waals surface area contributed by atoms with Gasteiger partial charge in [-0.05, 0) is 48.6 Å². The first-order valence-corrected chi connectivity index (χ1v) is 11.7. The maximum atomic E-state index is 12.4. The zero-order chi connectivity index (χ0) is 22.1. The van der Waals surface area contributed by atoms with Gasteiger partial charge in [-0.25, -0.2) is 8.42 Å². The third-order valence-electron chi connectivity index (χ3n) is 4.74. The summed E-state index contributed by atoms with van der Waals surface area (Å²) in [5.74, 6) is 0.999. The predicted molar refractivity (Wildman–Crippen MR) is 119 cm³/mol. The molecule has 0 aliphatic heterocycles. The van der Waals surface area contributed by atoms with Crippen molar-refractivity contribution < 1.29 is 22.7 Å². The van der Waals surface area contributed by atoms with Gasteiger partial charge in [-0.15, -0.1) is 0 Å². The Morgan fingerprint density at radius 2 is 1.77 bits per heavy atom. The number of carbonyl (C=O) groups is 1. The van der Waals surface area contributed by atoms with Crippen molar-refractivity contribution in [2.75, 3.05) is 37.9 Å². The summed E-state index contributed by atoms with van der Waals surface area (Å²) < 4.78 is 36.3.